The van der Waals surface area contributed by atoms with Crippen LogP contribution in [0, 0.1) is 0 Å². The minimum Gasteiger partial charge on any atom is -0.348 e. The van der Waals surface area contributed by atoms with Crippen LogP contribution in [0.1, 0.15) is 27.2 Å². The Morgan fingerprint density at radius 2 is 2.11 bits per heavy atom. The molecule has 0 aromatic carbocycles. The Bertz CT molecular complexity index is 397. The van der Waals surface area contributed by atoms with Crippen LogP contribution < -0.4 is 0 Å². The topological polar surface area (TPSA) is 35.9 Å². The Balaban J connectivity index is 1.86. The number of hydrogen-bond acceptors (Lipinski definition) is 4. The number of carbonyl (C=O) groups excluding carboxylic acids is 1. The smallest absolute Gasteiger partial charge is 0.249 e. The van der Waals surface area contributed by atoms with E-state index < -0.39 is 0 Å². The van der Waals surface area contributed by atoms with Gasteiger partial charge in [0.1, 0.15) is 0 Å². The summed E-state index contributed by atoms with van der Waals surface area (Å²) in [6.45, 7) is 10.5. The monoisotopic (exact) mass is 281 g/mol. The van der Waals surface area contributed by atoms with Gasteiger partial charge < -0.3 is 9.80 Å². The molecule has 1 amide bonds. The normalized spacial score (nSPS) is 24.7. The van der Waals surface area contributed by atoms with Crippen LogP contribution in [0.5, 0.6) is 0 Å². The van der Waals surface area contributed by atoms with Crippen molar-refractivity contribution >= 4 is 22.8 Å². The highest BCUT2D eigenvalue weighted by molar-refractivity contribution is 8.14. The molecule has 5 heteroatoms. The summed E-state index contributed by atoms with van der Waals surface area (Å²) in [7, 11) is 0. The van der Waals surface area contributed by atoms with E-state index in [1.165, 1.54) is 5.17 Å². The minimum atomic E-state index is 0.191. The third-order valence-electron chi connectivity index (χ3n) is 3.48. The zero-order chi connectivity index (χ0) is 13.8. The molecule has 0 N–H and O–H groups in total. The Morgan fingerprint density at radius 1 is 1.42 bits per heavy atom. The van der Waals surface area contributed by atoms with E-state index in [1.807, 2.05) is 29.7 Å². The van der Waals surface area contributed by atoms with Gasteiger partial charge in [0.2, 0.25) is 5.91 Å². The van der Waals surface area contributed by atoms with E-state index >= 15 is 0 Å². The molecule has 0 bridgehead atoms. The highest BCUT2D eigenvalue weighted by atomic mass is 32.2. The fourth-order valence-electron chi connectivity index (χ4n) is 2.38. The molecule has 0 aromatic rings. The van der Waals surface area contributed by atoms with Gasteiger partial charge in [0.05, 0.1) is 6.54 Å². The Morgan fingerprint density at radius 3 is 2.63 bits per heavy atom. The van der Waals surface area contributed by atoms with E-state index in [0.717, 1.165) is 44.7 Å². The zero-order valence-corrected chi connectivity index (χ0v) is 12.9. The van der Waals surface area contributed by atoms with Gasteiger partial charge in [-0.15, -0.1) is 0 Å². The van der Waals surface area contributed by atoms with Crippen molar-refractivity contribution in [2.45, 2.75) is 32.4 Å². The molecule has 0 radical (unpaired) electrons. The van der Waals surface area contributed by atoms with Crippen molar-refractivity contribution in [2.75, 3.05) is 32.7 Å². The van der Waals surface area contributed by atoms with Gasteiger partial charge in [0, 0.05) is 37.0 Å². The van der Waals surface area contributed by atoms with Gasteiger partial charge in [-0.05, 0) is 13.3 Å². The molecule has 19 heavy (non-hydrogen) atoms. The summed E-state index contributed by atoms with van der Waals surface area (Å²) >= 11 is 1.86. The van der Waals surface area contributed by atoms with Crippen LogP contribution >= 0.6 is 11.8 Å². The molecule has 0 unspecified atom stereocenters. The summed E-state index contributed by atoms with van der Waals surface area (Å²) in [5.41, 5.74) is 0.872. The molecule has 0 saturated carbocycles. The fraction of sp³-hybridized carbons (Fsp3) is 0.714. The lowest BCUT2D eigenvalue weighted by Gasteiger charge is -2.35. The number of amides is 1. The highest BCUT2D eigenvalue weighted by Crippen LogP contribution is 2.23. The Labute approximate surface area is 119 Å². The second-order valence-corrected chi connectivity index (χ2v) is 6.53. The maximum absolute atomic E-state index is 12.2. The number of nitrogens with zero attached hydrogens (tertiary/aromatic N) is 3. The predicted molar refractivity (Wildman–Crippen MR) is 81.6 cm³/mol. The second-order valence-electron chi connectivity index (χ2n) is 5.13. The number of aliphatic imine (C=N–C) groups is 1. The van der Waals surface area contributed by atoms with E-state index in [4.69, 9.17) is 0 Å². The molecule has 2 rings (SSSR count). The van der Waals surface area contributed by atoms with Gasteiger partial charge in [-0.1, -0.05) is 31.7 Å². The third kappa shape index (κ3) is 3.53. The first kappa shape index (κ1) is 14.4. The van der Waals surface area contributed by atoms with E-state index in [-0.39, 0.29) is 5.91 Å². The molecule has 0 spiro atoms. The summed E-state index contributed by atoms with van der Waals surface area (Å²) in [5.74, 6) is 0.191. The van der Waals surface area contributed by atoms with E-state index in [9.17, 15) is 4.79 Å². The van der Waals surface area contributed by atoms with E-state index in [0.29, 0.717) is 5.25 Å². The number of thioether (sulfide) groups is 1. The van der Waals surface area contributed by atoms with Crippen LogP contribution in [-0.2, 0) is 4.79 Å². The van der Waals surface area contributed by atoms with Gasteiger partial charge in [0.25, 0.3) is 0 Å². The third-order valence-corrected chi connectivity index (χ3v) is 4.62. The molecule has 2 aliphatic heterocycles. The number of carbonyl (C=O) groups is 1. The van der Waals surface area contributed by atoms with Crippen LogP contribution in [0.3, 0.4) is 0 Å². The van der Waals surface area contributed by atoms with Crippen molar-refractivity contribution in [2.24, 2.45) is 4.99 Å². The van der Waals surface area contributed by atoms with Crippen LogP contribution in [0.4, 0.5) is 0 Å². The Kier molecular flexibility index (Phi) is 4.91. The second kappa shape index (κ2) is 6.46. The average Bonchev–Trinajstić information content (AvgIpc) is 2.85. The van der Waals surface area contributed by atoms with Crippen molar-refractivity contribution in [3.63, 3.8) is 0 Å². The van der Waals surface area contributed by atoms with Gasteiger partial charge in [0.15, 0.2) is 5.17 Å². The lowest BCUT2D eigenvalue weighted by molar-refractivity contribution is -0.128. The van der Waals surface area contributed by atoms with Gasteiger partial charge in [-0.25, -0.2) is 0 Å². The van der Waals surface area contributed by atoms with Crippen molar-refractivity contribution in [1.29, 1.82) is 0 Å². The first-order chi connectivity index (χ1) is 9.11. The first-order valence-corrected chi connectivity index (χ1v) is 7.92. The van der Waals surface area contributed by atoms with Crippen LogP contribution in [-0.4, -0.2) is 58.8 Å². The first-order valence-electron chi connectivity index (χ1n) is 7.04. The SMILES string of the molecule is CC/C=C(/C)C(=O)N1CCN(C2=NC[C@H](C)S2)CC1. The van der Waals surface area contributed by atoms with Crippen molar-refractivity contribution < 1.29 is 4.79 Å². The molecule has 2 heterocycles. The summed E-state index contributed by atoms with van der Waals surface area (Å²) < 4.78 is 0. The molecule has 1 atom stereocenters. The molecule has 0 aromatic heterocycles. The standard InChI is InChI=1S/C14H23N3OS/c1-4-5-11(2)13(18)16-6-8-17(9-7-16)14-15-10-12(3)19-14/h5,12H,4,6-10H2,1-3H3/b11-5-/t12-/m0/s1. The highest BCUT2D eigenvalue weighted by Gasteiger charge is 2.26. The molecule has 106 valence electrons. The van der Waals surface area contributed by atoms with Crippen LogP contribution in [0.2, 0.25) is 0 Å². The molecule has 1 fully saturated rings. The maximum atomic E-state index is 12.2. The average molecular weight is 281 g/mol. The van der Waals surface area contributed by atoms with Crippen molar-refractivity contribution in [3.05, 3.63) is 11.6 Å². The molecule has 1 saturated heterocycles. The van der Waals surface area contributed by atoms with Gasteiger partial charge in [-0.3, -0.25) is 9.79 Å². The van der Waals surface area contributed by atoms with E-state index in [2.05, 4.69) is 23.7 Å². The summed E-state index contributed by atoms with van der Waals surface area (Å²) in [5, 5.41) is 1.77. The van der Waals surface area contributed by atoms with Crippen LogP contribution in [0.25, 0.3) is 0 Å². The minimum absolute atomic E-state index is 0.191. The summed E-state index contributed by atoms with van der Waals surface area (Å²) in [6, 6.07) is 0. The molecule has 4 nitrogen and oxygen atoms in total. The summed E-state index contributed by atoms with van der Waals surface area (Å²) in [4.78, 5) is 21.0. The number of rotatable bonds is 2. The maximum Gasteiger partial charge on any atom is 0.249 e. The van der Waals surface area contributed by atoms with Crippen molar-refractivity contribution in [1.82, 2.24) is 9.80 Å². The predicted octanol–water partition coefficient (Wildman–Crippen LogP) is 1.98. The zero-order valence-electron chi connectivity index (χ0n) is 12.1. The largest absolute Gasteiger partial charge is 0.348 e. The van der Waals surface area contributed by atoms with Gasteiger partial charge >= 0.3 is 0 Å². The van der Waals surface area contributed by atoms with E-state index in [1.54, 1.807) is 0 Å². The number of piperazine rings is 1. The van der Waals surface area contributed by atoms with Crippen LogP contribution in [0.15, 0.2) is 16.6 Å². The molecular weight excluding hydrogens is 258 g/mol. The van der Waals surface area contributed by atoms with Gasteiger partial charge in [-0.2, -0.15) is 0 Å². The number of amidine groups is 1. The summed E-state index contributed by atoms with van der Waals surface area (Å²) in [6.07, 6.45) is 2.93. The number of hydrogen-bond donors (Lipinski definition) is 0. The lowest BCUT2D eigenvalue weighted by atomic mass is 10.2. The molecule has 2 aliphatic rings. The quantitative estimate of drug-likeness (QED) is 0.726. The fourth-order valence-corrected chi connectivity index (χ4v) is 3.37. The lowest BCUT2D eigenvalue weighted by Crippen LogP contribution is -2.50. The van der Waals surface area contributed by atoms with Crippen molar-refractivity contribution in [3.8, 4) is 0 Å². The number of allylic oxidation sites excluding steroid dienone is 1. The Hall–Kier alpha value is -0.970. The molecule has 0 aliphatic carbocycles. The molecular formula is C14H23N3OS.